The number of nitrogens with zero attached hydrogens (tertiary/aromatic N) is 4. The van der Waals surface area contributed by atoms with Crippen LogP contribution in [0, 0.1) is 0 Å². The van der Waals surface area contributed by atoms with Gasteiger partial charge in [0.1, 0.15) is 0 Å². The molecule has 0 spiro atoms. The topological polar surface area (TPSA) is 41.5 Å². The minimum absolute atomic E-state index is 0.788. The molecule has 1 saturated heterocycles. The van der Waals surface area contributed by atoms with Crippen molar-refractivity contribution in [2.75, 3.05) is 51.3 Å². The van der Waals surface area contributed by atoms with Gasteiger partial charge in [-0.25, -0.2) is 9.97 Å². The lowest BCUT2D eigenvalue weighted by Gasteiger charge is -2.28. The lowest BCUT2D eigenvalue weighted by molar-refractivity contribution is 0.0392. The lowest BCUT2D eigenvalue weighted by atomic mass is 10.4. The zero-order chi connectivity index (χ0) is 11.2. The van der Waals surface area contributed by atoms with E-state index in [1.807, 2.05) is 13.1 Å². The first kappa shape index (κ1) is 11.3. The van der Waals surface area contributed by atoms with Crippen LogP contribution < -0.4 is 4.90 Å². The van der Waals surface area contributed by atoms with Crippen molar-refractivity contribution in [1.82, 2.24) is 14.9 Å². The number of morpholine rings is 1. The Bertz CT molecular complexity index is 300. The molecule has 0 amide bonds. The first-order valence-corrected chi connectivity index (χ1v) is 5.64. The Labute approximate surface area is 96.1 Å². The standard InChI is InChI=1S/C11H18N4O/c1-14(11-12-3-2-4-13-11)5-6-15-7-9-16-10-8-15/h2-4H,5-10H2,1H3. The highest BCUT2D eigenvalue weighted by Gasteiger charge is 2.11. The number of rotatable bonds is 4. The van der Waals surface area contributed by atoms with Gasteiger partial charge in [-0.1, -0.05) is 0 Å². The molecule has 1 aliphatic heterocycles. The molecule has 0 aromatic carbocycles. The summed E-state index contributed by atoms with van der Waals surface area (Å²) in [5.74, 6) is 0.788. The van der Waals surface area contributed by atoms with Crippen molar-refractivity contribution in [3.8, 4) is 0 Å². The second-order valence-corrected chi connectivity index (χ2v) is 3.92. The predicted molar refractivity (Wildman–Crippen MR) is 62.6 cm³/mol. The van der Waals surface area contributed by atoms with Gasteiger partial charge in [-0.3, -0.25) is 4.90 Å². The lowest BCUT2D eigenvalue weighted by Crippen LogP contribution is -2.41. The molecular formula is C11H18N4O. The second kappa shape index (κ2) is 5.77. The van der Waals surface area contributed by atoms with Crippen LogP contribution in [-0.2, 0) is 4.74 Å². The third-order valence-corrected chi connectivity index (χ3v) is 2.75. The maximum Gasteiger partial charge on any atom is 0.225 e. The van der Waals surface area contributed by atoms with Gasteiger partial charge in [0.25, 0.3) is 0 Å². The molecule has 1 aromatic heterocycles. The van der Waals surface area contributed by atoms with Crippen molar-refractivity contribution in [3.63, 3.8) is 0 Å². The van der Waals surface area contributed by atoms with Crippen LogP contribution in [-0.4, -0.2) is 61.3 Å². The largest absolute Gasteiger partial charge is 0.379 e. The average molecular weight is 222 g/mol. The minimum atomic E-state index is 0.788. The maximum atomic E-state index is 5.31. The Morgan fingerprint density at radius 1 is 1.31 bits per heavy atom. The summed E-state index contributed by atoms with van der Waals surface area (Å²) in [6.45, 7) is 5.76. The van der Waals surface area contributed by atoms with Crippen molar-refractivity contribution >= 4 is 5.95 Å². The van der Waals surface area contributed by atoms with Crippen LogP contribution in [0.1, 0.15) is 0 Å². The molecule has 1 fully saturated rings. The van der Waals surface area contributed by atoms with Crippen LogP contribution in [0.15, 0.2) is 18.5 Å². The summed E-state index contributed by atoms with van der Waals surface area (Å²) in [6, 6.07) is 1.83. The van der Waals surface area contributed by atoms with E-state index in [2.05, 4.69) is 19.8 Å². The Hall–Kier alpha value is -1.20. The van der Waals surface area contributed by atoms with Crippen LogP contribution in [0.5, 0.6) is 0 Å². The second-order valence-electron chi connectivity index (χ2n) is 3.92. The number of aromatic nitrogens is 2. The molecule has 5 nitrogen and oxygen atoms in total. The molecule has 1 aliphatic rings. The summed E-state index contributed by atoms with van der Waals surface area (Å²) in [4.78, 5) is 12.9. The van der Waals surface area contributed by atoms with E-state index in [9.17, 15) is 0 Å². The fraction of sp³-hybridized carbons (Fsp3) is 0.636. The smallest absolute Gasteiger partial charge is 0.225 e. The highest BCUT2D eigenvalue weighted by atomic mass is 16.5. The fourth-order valence-corrected chi connectivity index (χ4v) is 1.70. The van der Waals surface area contributed by atoms with Crippen LogP contribution in [0.2, 0.25) is 0 Å². The molecule has 2 heterocycles. The Morgan fingerprint density at radius 3 is 2.69 bits per heavy atom. The highest BCUT2D eigenvalue weighted by molar-refractivity contribution is 5.26. The summed E-state index contributed by atoms with van der Waals surface area (Å²) < 4.78 is 5.31. The third kappa shape index (κ3) is 3.15. The number of likely N-dealkylation sites (N-methyl/N-ethyl adjacent to an activating group) is 1. The summed E-state index contributed by atoms with van der Waals surface area (Å²) in [5, 5.41) is 0. The Kier molecular flexibility index (Phi) is 4.07. The number of anilines is 1. The monoisotopic (exact) mass is 222 g/mol. The van der Waals surface area contributed by atoms with Gasteiger partial charge in [0, 0.05) is 45.6 Å². The molecule has 1 aromatic rings. The van der Waals surface area contributed by atoms with E-state index in [1.54, 1.807) is 12.4 Å². The molecule has 0 radical (unpaired) electrons. The molecule has 0 aliphatic carbocycles. The van der Waals surface area contributed by atoms with Gasteiger partial charge < -0.3 is 9.64 Å². The first-order valence-electron chi connectivity index (χ1n) is 5.64. The van der Waals surface area contributed by atoms with Crippen molar-refractivity contribution in [1.29, 1.82) is 0 Å². The van der Waals surface area contributed by atoms with Crippen molar-refractivity contribution in [3.05, 3.63) is 18.5 Å². The quantitative estimate of drug-likeness (QED) is 0.730. The van der Waals surface area contributed by atoms with E-state index in [4.69, 9.17) is 4.74 Å². The molecule has 0 N–H and O–H groups in total. The third-order valence-electron chi connectivity index (χ3n) is 2.75. The molecule has 0 bridgehead atoms. The summed E-state index contributed by atoms with van der Waals surface area (Å²) >= 11 is 0. The molecular weight excluding hydrogens is 204 g/mol. The van der Waals surface area contributed by atoms with Gasteiger partial charge >= 0.3 is 0 Å². The molecule has 88 valence electrons. The molecule has 0 saturated carbocycles. The number of hydrogen-bond acceptors (Lipinski definition) is 5. The van der Waals surface area contributed by atoms with E-state index in [-0.39, 0.29) is 0 Å². The van der Waals surface area contributed by atoms with Crippen molar-refractivity contribution in [2.24, 2.45) is 0 Å². The number of hydrogen-bond donors (Lipinski definition) is 0. The van der Waals surface area contributed by atoms with Gasteiger partial charge in [0.15, 0.2) is 0 Å². The van der Waals surface area contributed by atoms with Crippen molar-refractivity contribution < 1.29 is 4.74 Å². The Balaban J connectivity index is 1.77. The number of ether oxygens (including phenoxy) is 1. The van der Waals surface area contributed by atoms with Crippen LogP contribution in [0.25, 0.3) is 0 Å². The molecule has 0 atom stereocenters. The predicted octanol–water partition coefficient (Wildman–Crippen LogP) is 0.245. The SMILES string of the molecule is CN(CCN1CCOCC1)c1ncccn1. The normalized spacial score (nSPS) is 17.3. The van der Waals surface area contributed by atoms with Gasteiger partial charge in [0.05, 0.1) is 13.2 Å². The maximum absolute atomic E-state index is 5.31. The molecule has 0 unspecified atom stereocenters. The van der Waals surface area contributed by atoms with E-state index in [0.29, 0.717) is 0 Å². The van der Waals surface area contributed by atoms with E-state index in [1.165, 1.54) is 0 Å². The van der Waals surface area contributed by atoms with Gasteiger partial charge in [-0.2, -0.15) is 0 Å². The molecule has 5 heteroatoms. The van der Waals surface area contributed by atoms with E-state index < -0.39 is 0 Å². The minimum Gasteiger partial charge on any atom is -0.379 e. The van der Waals surface area contributed by atoms with Crippen LogP contribution in [0.4, 0.5) is 5.95 Å². The Morgan fingerprint density at radius 2 is 2.00 bits per heavy atom. The zero-order valence-corrected chi connectivity index (χ0v) is 9.67. The van der Waals surface area contributed by atoms with Crippen LogP contribution in [0.3, 0.4) is 0 Å². The zero-order valence-electron chi connectivity index (χ0n) is 9.67. The van der Waals surface area contributed by atoms with Gasteiger partial charge in [0.2, 0.25) is 5.95 Å². The van der Waals surface area contributed by atoms with E-state index >= 15 is 0 Å². The average Bonchev–Trinajstić information content (AvgIpc) is 2.38. The van der Waals surface area contributed by atoms with Gasteiger partial charge in [-0.15, -0.1) is 0 Å². The fourth-order valence-electron chi connectivity index (χ4n) is 1.70. The molecule has 16 heavy (non-hydrogen) atoms. The summed E-state index contributed by atoms with van der Waals surface area (Å²) in [6.07, 6.45) is 3.54. The highest BCUT2D eigenvalue weighted by Crippen LogP contribution is 2.02. The van der Waals surface area contributed by atoms with E-state index in [0.717, 1.165) is 45.3 Å². The molecule has 2 rings (SSSR count). The summed E-state index contributed by atoms with van der Waals surface area (Å²) in [5.41, 5.74) is 0. The van der Waals surface area contributed by atoms with Crippen molar-refractivity contribution in [2.45, 2.75) is 0 Å². The van der Waals surface area contributed by atoms with Crippen LogP contribution >= 0.6 is 0 Å². The van der Waals surface area contributed by atoms with Gasteiger partial charge in [-0.05, 0) is 6.07 Å². The first-order chi connectivity index (χ1) is 7.86. The summed E-state index contributed by atoms with van der Waals surface area (Å²) in [7, 11) is 2.02.